The first-order chi connectivity index (χ1) is 21.8. The van der Waals surface area contributed by atoms with Crippen molar-refractivity contribution in [1.29, 1.82) is 0 Å². The summed E-state index contributed by atoms with van der Waals surface area (Å²) in [5.74, 6) is -0.637. The number of amides is 2. The van der Waals surface area contributed by atoms with E-state index in [1.54, 1.807) is 6.07 Å². The summed E-state index contributed by atoms with van der Waals surface area (Å²) in [4.78, 5) is 39.5. The first kappa shape index (κ1) is 34.3. The predicted octanol–water partition coefficient (Wildman–Crippen LogP) is 4.78. The maximum atomic E-state index is 13.7. The molecule has 1 aliphatic heterocycles. The van der Waals surface area contributed by atoms with Crippen LogP contribution in [0.1, 0.15) is 42.1 Å². The zero-order valence-electron chi connectivity index (χ0n) is 25.3. The molecule has 2 heterocycles. The Balaban J connectivity index is 1.36. The lowest BCUT2D eigenvalue weighted by Crippen LogP contribution is -2.48. The average Bonchev–Trinajstić information content (AvgIpc) is 3.60. The van der Waals surface area contributed by atoms with Gasteiger partial charge in [0.2, 0.25) is 0 Å². The van der Waals surface area contributed by atoms with Gasteiger partial charge in [-0.15, -0.1) is 0 Å². The first-order valence-electron chi connectivity index (χ1n) is 14.7. The Bertz CT molecular complexity index is 1380. The summed E-state index contributed by atoms with van der Waals surface area (Å²) in [6.07, 6.45) is -2.46. The van der Waals surface area contributed by atoms with Crippen LogP contribution >= 0.6 is 15.9 Å². The van der Waals surface area contributed by atoms with Gasteiger partial charge in [-0.3, -0.25) is 9.59 Å². The molecule has 45 heavy (non-hydrogen) atoms. The molecule has 1 fully saturated rings. The third-order valence-corrected chi connectivity index (χ3v) is 7.83. The second kappa shape index (κ2) is 17.2. The molecule has 0 bridgehead atoms. The van der Waals surface area contributed by atoms with E-state index < -0.39 is 42.3 Å². The largest absolute Gasteiger partial charge is 0.461 e. The number of aryl methyl sites for hydroxylation is 1. The smallest absolute Gasteiger partial charge is 0.417 e. The molecule has 3 aromatic rings. The van der Waals surface area contributed by atoms with Crippen molar-refractivity contribution >= 4 is 33.9 Å². The van der Waals surface area contributed by atoms with E-state index in [0.29, 0.717) is 42.7 Å². The normalized spacial score (nSPS) is 16.7. The van der Waals surface area contributed by atoms with Crippen LogP contribution in [0.5, 0.6) is 0 Å². The number of esters is 1. The number of ether oxygens (including phenoxy) is 5. The monoisotopic (exact) mass is 687 g/mol. The van der Waals surface area contributed by atoms with Crippen molar-refractivity contribution in [3.8, 4) is 0 Å². The summed E-state index contributed by atoms with van der Waals surface area (Å²) in [6, 6.07) is 20.2. The molecule has 4 atom stereocenters. The molecule has 1 saturated heterocycles. The van der Waals surface area contributed by atoms with Crippen LogP contribution in [0.2, 0.25) is 0 Å². The van der Waals surface area contributed by atoms with Crippen molar-refractivity contribution in [2.45, 2.75) is 57.1 Å². The number of aliphatic hydroxyl groups excluding tert-OH is 1. The first-order valence-corrected chi connectivity index (χ1v) is 15.5. The number of nitrogens with zero attached hydrogens (tertiary/aromatic N) is 1. The van der Waals surface area contributed by atoms with E-state index in [9.17, 15) is 19.5 Å². The van der Waals surface area contributed by atoms with Gasteiger partial charge in [0.05, 0.1) is 30.3 Å². The van der Waals surface area contributed by atoms with E-state index in [0.717, 1.165) is 16.0 Å². The minimum absolute atomic E-state index is 0.0326. The number of aliphatic hydroxyl groups is 1. The SMILES string of the molecule is CO[C@H](C(=O)N1C(=O)OC[C@@H]1Cc1ccccc1)[C@H](OC(C)=O)c1cc(Br)c(CCCOC[C@@H](CO)OCc2ccccc2)o1. The van der Waals surface area contributed by atoms with Crippen molar-refractivity contribution in [3.63, 3.8) is 0 Å². The molecule has 1 aromatic heterocycles. The van der Waals surface area contributed by atoms with Crippen LogP contribution in [0.15, 0.2) is 75.6 Å². The molecule has 2 aromatic carbocycles. The quantitative estimate of drug-likeness (QED) is 0.156. The number of halogens is 1. The Morgan fingerprint density at radius 3 is 2.42 bits per heavy atom. The number of furan rings is 1. The molecule has 0 aliphatic carbocycles. The number of hydrogen-bond acceptors (Lipinski definition) is 10. The minimum atomic E-state index is -1.38. The summed E-state index contributed by atoms with van der Waals surface area (Å²) in [6.45, 7) is 2.05. The van der Waals surface area contributed by atoms with Crippen LogP contribution < -0.4 is 0 Å². The standard InChI is InChI=1S/C33H38BrNO10/c1-22(37)44-30(31(40-2)32(38)35-25(20-43-33(35)39)16-23-10-5-3-6-11-23)29-17-27(34)28(45-29)14-9-15-41-21-26(18-36)42-19-24-12-7-4-8-13-24/h3-8,10-13,17,25-26,30-31,36H,9,14-16,18-21H2,1-2H3/t25-,26+,30+,31-/m0/s1. The van der Waals surface area contributed by atoms with Crippen molar-refractivity contribution in [1.82, 2.24) is 4.90 Å². The highest BCUT2D eigenvalue weighted by atomic mass is 79.9. The Hall–Kier alpha value is -3.55. The van der Waals surface area contributed by atoms with Gasteiger partial charge in [0, 0.05) is 27.1 Å². The maximum absolute atomic E-state index is 13.7. The lowest BCUT2D eigenvalue weighted by molar-refractivity contribution is -0.164. The van der Waals surface area contributed by atoms with Crippen molar-refractivity contribution in [2.24, 2.45) is 0 Å². The zero-order chi connectivity index (χ0) is 32.2. The van der Waals surface area contributed by atoms with Gasteiger partial charge in [0.15, 0.2) is 12.2 Å². The van der Waals surface area contributed by atoms with Crippen molar-refractivity contribution < 1.29 is 47.6 Å². The fourth-order valence-corrected chi connectivity index (χ4v) is 5.44. The molecule has 2 amide bonds. The topological polar surface area (TPSA) is 134 Å². The minimum Gasteiger partial charge on any atom is -0.461 e. The van der Waals surface area contributed by atoms with Crippen LogP contribution in [0.3, 0.4) is 0 Å². The molecule has 12 heteroatoms. The summed E-state index contributed by atoms with van der Waals surface area (Å²) in [5.41, 5.74) is 1.94. The molecule has 11 nitrogen and oxygen atoms in total. The number of methoxy groups -OCH3 is 1. The van der Waals surface area contributed by atoms with Gasteiger partial charge in [0.1, 0.15) is 24.2 Å². The van der Waals surface area contributed by atoms with E-state index in [4.69, 9.17) is 28.1 Å². The lowest BCUT2D eigenvalue weighted by Gasteiger charge is -2.28. The fraction of sp³-hybridized carbons (Fsp3) is 0.424. The van der Waals surface area contributed by atoms with Crippen LogP contribution in [0.4, 0.5) is 4.79 Å². The summed E-state index contributed by atoms with van der Waals surface area (Å²) in [7, 11) is 1.30. The van der Waals surface area contributed by atoms with Crippen LogP contribution in [0.25, 0.3) is 0 Å². The molecule has 1 aliphatic rings. The summed E-state index contributed by atoms with van der Waals surface area (Å²) in [5, 5.41) is 9.64. The number of cyclic esters (lactones) is 1. The number of benzene rings is 2. The van der Waals surface area contributed by atoms with Crippen LogP contribution in [-0.4, -0.2) is 79.8 Å². The van der Waals surface area contributed by atoms with Crippen molar-refractivity contribution in [2.75, 3.05) is 33.5 Å². The molecule has 0 unspecified atom stereocenters. The van der Waals surface area contributed by atoms with Gasteiger partial charge in [-0.05, 0) is 46.0 Å². The fourth-order valence-electron chi connectivity index (χ4n) is 4.93. The van der Waals surface area contributed by atoms with Gasteiger partial charge in [0.25, 0.3) is 5.91 Å². The zero-order valence-corrected chi connectivity index (χ0v) is 26.8. The molecular formula is C33H38BrNO10. The third-order valence-electron chi connectivity index (χ3n) is 7.16. The Morgan fingerprint density at radius 1 is 1.09 bits per heavy atom. The van der Waals surface area contributed by atoms with E-state index in [-0.39, 0.29) is 25.6 Å². The van der Waals surface area contributed by atoms with E-state index in [1.165, 1.54) is 14.0 Å². The highest BCUT2D eigenvalue weighted by molar-refractivity contribution is 9.10. The molecule has 0 spiro atoms. The number of imide groups is 1. The molecule has 0 radical (unpaired) electrons. The highest BCUT2D eigenvalue weighted by Crippen LogP contribution is 2.33. The molecule has 1 N–H and O–H groups in total. The lowest BCUT2D eigenvalue weighted by atomic mass is 10.0. The third kappa shape index (κ3) is 9.72. The number of hydrogen-bond donors (Lipinski definition) is 1. The van der Waals surface area contributed by atoms with E-state index in [1.807, 2.05) is 60.7 Å². The van der Waals surface area contributed by atoms with Crippen LogP contribution in [-0.2, 0) is 52.7 Å². The number of carbonyl (C=O) groups excluding carboxylic acids is 3. The molecule has 0 saturated carbocycles. The Morgan fingerprint density at radius 2 is 1.78 bits per heavy atom. The van der Waals surface area contributed by atoms with E-state index >= 15 is 0 Å². The van der Waals surface area contributed by atoms with Gasteiger partial charge < -0.3 is 33.2 Å². The second-order valence-corrected chi connectivity index (χ2v) is 11.4. The molecular weight excluding hydrogens is 650 g/mol. The van der Waals surface area contributed by atoms with Gasteiger partial charge in [-0.1, -0.05) is 60.7 Å². The molecule has 242 valence electrons. The summed E-state index contributed by atoms with van der Waals surface area (Å²) >= 11 is 3.49. The Labute approximate surface area is 270 Å². The number of carbonyl (C=O) groups is 3. The number of rotatable bonds is 17. The highest BCUT2D eigenvalue weighted by Gasteiger charge is 2.45. The Kier molecular flexibility index (Phi) is 13.1. The predicted molar refractivity (Wildman–Crippen MR) is 165 cm³/mol. The maximum Gasteiger partial charge on any atom is 0.417 e. The van der Waals surface area contributed by atoms with Crippen LogP contribution in [0, 0.1) is 0 Å². The van der Waals surface area contributed by atoms with Gasteiger partial charge in [-0.25, -0.2) is 9.69 Å². The summed E-state index contributed by atoms with van der Waals surface area (Å²) < 4.78 is 34.4. The molecule has 4 rings (SSSR count). The second-order valence-electron chi connectivity index (χ2n) is 10.5. The average molecular weight is 689 g/mol. The van der Waals surface area contributed by atoms with Crippen molar-refractivity contribution in [3.05, 3.63) is 93.9 Å². The van der Waals surface area contributed by atoms with Gasteiger partial charge in [-0.2, -0.15) is 0 Å². The van der Waals surface area contributed by atoms with Gasteiger partial charge >= 0.3 is 12.1 Å². The van der Waals surface area contributed by atoms with E-state index in [2.05, 4.69) is 15.9 Å².